The maximum absolute atomic E-state index is 12.0. The van der Waals surface area contributed by atoms with E-state index in [1.165, 1.54) is 19.4 Å². The van der Waals surface area contributed by atoms with Crippen LogP contribution in [0.5, 0.6) is 5.75 Å². The fourth-order valence-corrected chi connectivity index (χ4v) is 4.80. The Morgan fingerprint density at radius 2 is 1.85 bits per heavy atom. The molecule has 2 unspecified atom stereocenters. The highest BCUT2D eigenvalue weighted by Gasteiger charge is 2.37. The first-order valence-corrected chi connectivity index (χ1v) is 11.0. The van der Waals surface area contributed by atoms with Gasteiger partial charge in [0.1, 0.15) is 11.5 Å². The molecule has 1 aliphatic carbocycles. The minimum absolute atomic E-state index is 0. The molecule has 0 saturated heterocycles. The second kappa shape index (κ2) is 10.4. The lowest BCUT2D eigenvalue weighted by Crippen LogP contribution is -2.25. The number of carbonyl (C=O) groups excluding carboxylic acids is 2. The largest absolute Gasteiger partial charge is 0.494 e. The van der Waals surface area contributed by atoms with E-state index in [4.69, 9.17) is 14.2 Å². The van der Waals surface area contributed by atoms with Gasteiger partial charge in [0.2, 0.25) is 0 Å². The monoisotopic (exact) mass is 515 g/mol. The highest BCUT2D eigenvalue weighted by atomic mass is 79.9. The van der Waals surface area contributed by atoms with Crippen LogP contribution in [0.25, 0.3) is 0 Å². The number of allylic oxidation sites excluding steroid dienone is 3. The predicted octanol–water partition coefficient (Wildman–Crippen LogP) is 5.76. The normalized spacial score (nSPS) is 21.7. The summed E-state index contributed by atoms with van der Waals surface area (Å²) in [5.74, 6) is 1.59. The average Bonchev–Trinajstić information content (AvgIpc) is 3.04. The molecule has 2 heterocycles. The van der Waals surface area contributed by atoms with E-state index >= 15 is 0 Å². The Morgan fingerprint density at radius 3 is 2.48 bits per heavy atom. The quantitative estimate of drug-likeness (QED) is 0.282. The molecule has 0 saturated carbocycles. The molecule has 0 radical (unpaired) electrons. The van der Waals surface area contributed by atoms with E-state index in [9.17, 15) is 9.59 Å². The Hall–Kier alpha value is -2.80. The van der Waals surface area contributed by atoms with E-state index < -0.39 is 0 Å². The van der Waals surface area contributed by atoms with E-state index in [0.29, 0.717) is 11.5 Å². The van der Waals surface area contributed by atoms with Crippen LogP contribution in [0.3, 0.4) is 0 Å². The van der Waals surface area contributed by atoms with Gasteiger partial charge in [0.15, 0.2) is 5.76 Å². The van der Waals surface area contributed by atoms with Gasteiger partial charge in [0.25, 0.3) is 0 Å². The molecule has 2 aliphatic heterocycles. The molecule has 33 heavy (non-hydrogen) atoms. The van der Waals surface area contributed by atoms with E-state index in [1.54, 1.807) is 12.1 Å². The number of hydrogen-bond acceptors (Lipinski definition) is 6. The van der Waals surface area contributed by atoms with Crippen molar-refractivity contribution < 1.29 is 23.8 Å². The SMILES string of the molecule is Br.C=CCC1CN(c2ccc(OC(C)=O)cc2)C=C(OC(C)=O)C2=C1CCC1=C2CC(C)O1. The van der Waals surface area contributed by atoms with Crippen LogP contribution in [0, 0.1) is 5.92 Å². The topological polar surface area (TPSA) is 65.1 Å². The van der Waals surface area contributed by atoms with E-state index in [-0.39, 0.29) is 40.9 Å². The van der Waals surface area contributed by atoms with Crippen LogP contribution < -0.4 is 9.64 Å². The lowest BCUT2D eigenvalue weighted by molar-refractivity contribution is -0.136. The van der Waals surface area contributed by atoms with Crippen LogP contribution in [-0.4, -0.2) is 24.6 Å². The van der Waals surface area contributed by atoms with Crippen LogP contribution in [0.1, 0.15) is 46.5 Å². The lowest BCUT2D eigenvalue weighted by atomic mass is 9.80. The van der Waals surface area contributed by atoms with Gasteiger partial charge < -0.3 is 19.1 Å². The number of hydrogen-bond donors (Lipinski definition) is 0. The molecule has 0 N–H and O–H groups in total. The summed E-state index contributed by atoms with van der Waals surface area (Å²) in [4.78, 5) is 25.4. The molecule has 176 valence electrons. The summed E-state index contributed by atoms with van der Waals surface area (Å²) < 4.78 is 17.0. The number of anilines is 1. The van der Waals surface area contributed by atoms with Gasteiger partial charge in [-0.1, -0.05) is 11.6 Å². The van der Waals surface area contributed by atoms with Crippen molar-refractivity contribution in [1.82, 2.24) is 0 Å². The second-order valence-corrected chi connectivity index (χ2v) is 8.48. The summed E-state index contributed by atoms with van der Waals surface area (Å²) in [6.45, 7) is 9.58. The zero-order valence-corrected chi connectivity index (χ0v) is 21.0. The van der Waals surface area contributed by atoms with Crippen molar-refractivity contribution in [3.63, 3.8) is 0 Å². The van der Waals surface area contributed by atoms with Crippen LogP contribution in [-0.2, 0) is 19.1 Å². The number of carbonyl (C=O) groups is 2. The molecule has 3 aliphatic rings. The van der Waals surface area contributed by atoms with E-state index in [2.05, 4.69) is 18.4 Å². The molecule has 2 atom stereocenters. The van der Waals surface area contributed by atoms with Gasteiger partial charge in [-0.05, 0) is 44.0 Å². The van der Waals surface area contributed by atoms with Gasteiger partial charge in [-0.2, -0.15) is 0 Å². The zero-order valence-electron chi connectivity index (χ0n) is 19.3. The van der Waals surface area contributed by atoms with Crippen LogP contribution in [0.15, 0.2) is 71.4 Å². The first kappa shape index (κ1) is 24.8. The maximum atomic E-state index is 12.0. The molecule has 6 nitrogen and oxygen atoms in total. The lowest BCUT2D eigenvalue weighted by Gasteiger charge is -2.28. The molecular formula is C26H30BrNO5. The summed E-state index contributed by atoms with van der Waals surface area (Å²) in [6.07, 6.45) is 7.36. The summed E-state index contributed by atoms with van der Waals surface area (Å²) in [5.41, 5.74) is 4.40. The number of rotatable bonds is 5. The third-order valence-electron chi connectivity index (χ3n) is 5.98. The van der Waals surface area contributed by atoms with E-state index in [0.717, 1.165) is 54.8 Å². The number of nitrogens with zero attached hydrogens (tertiary/aromatic N) is 1. The minimum Gasteiger partial charge on any atom is -0.494 e. The molecule has 0 aromatic heterocycles. The number of halogens is 1. The highest BCUT2D eigenvalue weighted by molar-refractivity contribution is 8.93. The summed E-state index contributed by atoms with van der Waals surface area (Å²) in [6, 6.07) is 7.34. The molecular weight excluding hydrogens is 486 g/mol. The van der Waals surface area contributed by atoms with Crippen molar-refractivity contribution in [2.24, 2.45) is 5.92 Å². The Bertz CT molecular complexity index is 1040. The summed E-state index contributed by atoms with van der Waals surface area (Å²) in [5, 5.41) is 0. The average molecular weight is 516 g/mol. The molecule has 1 aromatic rings. The van der Waals surface area contributed by atoms with Gasteiger partial charge in [0, 0.05) is 62.2 Å². The molecule has 0 spiro atoms. The predicted molar refractivity (Wildman–Crippen MR) is 132 cm³/mol. The maximum Gasteiger partial charge on any atom is 0.308 e. The molecule has 0 bridgehead atoms. The van der Waals surface area contributed by atoms with Gasteiger partial charge >= 0.3 is 11.9 Å². The highest BCUT2D eigenvalue weighted by Crippen LogP contribution is 2.47. The van der Waals surface area contributed by atoms with Gasteiger partial charge in [-0.15, -0.1) is 23.6 Å². The zero-order chi connectivity index (χ0) is 22.8. The number of ether oxygens (including phenoxy) is 3. The standard InChI is InChI=1S/C26H29NO5.BrH/c1-5-6-19-14-27(20-7-9-21(10-8-20)31-17(3)28)15-25(32-18(4)29)26-22(19)11-12-24-23(26)13-16(2)30-24;/h5,7-10,15-16,19H,1,6,11-14H2,2-4H3;1H. The molecule has 0 amide bonds. The first-order valence-electron chi connectivity index (χ1n) is 11.0. The van der Waals surface area contributed by atoms with Gasteiger partial charge in [-0.25, -0.2) is 0 Å². The van der Waals surface area contributed by atoms with Gasteiger partial charge in [0.05, 0.1) is 6.10 Å². The second-order valence-electron chi connectivity index (χ2n) is 8.48. The number of fused-ring (bicyclic) bond motifs is 1. The minimum atomic E-state index is -0.357. The van der Waals surface area contributed by atoms with Crippen molar-refractivity contribution in [1.29, 1.82) is 0 Å². The molecule has 0 fully saturated rings. The number of esters is 2. The van der Waals surface area contributed by atoms with Crippen molar-refractivity contribution >= 4 is 34.6 Å². The third-order valence-corrected chi connectivity index (χ3v) is 5.98. The van der Waals surface area contributed by atoms with Crippen LogP contribution in [0.2, 0.25) is 0 Å². The van der Waals surface area contributed by atoms with Crippen molar-refractivity contribution in [3.8, 4) is 5.75 Å². The van der Waals surface area contributed by atoms with Crippen molar-refractivity contribution in [2.45, 2.75) is 52.6 Å². The Kier molecular flexibility index (Phi) is 7.84. The third kappa shape index (κ3) is 5.41. The number of benzene rings is 1. The molecule has 1 aromatic carbocycles. The van der Waals surface area contributed by atoms with Crippen molar-refractivity contribution in [2.75, 3.05) is 11.4 Å². The fourth-order valence-electron chi connectivity index (χ4n) is 4.80. The van der Waals surface area contributed by atoms with Crippen LogP contribution >= 0.6 is 17.0 Å². The Balaban J connectivity index is 0.00000306. The summed E-state index contributed by atoms with van der Waals surface area (Å²) >= 11 is 0. The smallest absolute Gasteiger partial charge is 0.308 e. The first-order chi connectivity index (χ1) is 15.4. The molecule has 7 heteroatoms. The Labute approximate surface area is 205 Å². The Morgan fingerprint density at radius 1 is 1.15 bits per heavy atom. The van der Waals surface area contributed by atoms with Crippen LogP contribution in [0.4, 0.5) is 5.69 Å². The van der Waals surface area contributed by atoms with E-state index in [1.807, 2.05) is 24.4 Å². The van der Waals surface area contributed by atoms with Gasteiger partial charge in [-0.3, -0.25) is 9.59 Å². The van der Waals surface area contributed by atoms with Crippen molar-refractivity contribution in [3.05, 3.63) is 71.4 Å². The summed E-state index contributed by atoms with van der Waals surface area (Å²) in [7, 11) is 0. The fraction of sp³-hybridized carbons (Fsp3) is 0.385. The molecule has 4 rings (SSSR count).